The highest BCUT2D eigenvalue weighted by Gasteiger charge is 2.22. The lowest BCUT2D eigenvalue weighted by molar-refractivity contribution is -0.128. The Bertz CT molecular complexity index is 1050. The van der Waals surface area contributed by atoms with Crippen molar-refractivity contribution in [3.63, 3.8) is 0 Å². The van der Waals surface area contributed by atoms with Crippen LogP contribution >= 0.6 is 11.6 Å². The van der Waals surface area contributed by atoms with Crippen LogP contribution in [0.3, 0.4) is 0 Å². The lowest BCUT2D eigenvalue weighted by Gasteiger charge is -2.23. The van der Waals surface area contributed by atoms with Gasteiger partial charge in [0, 0.05) is 5.02 Å². The number of nitrogens with zero attached hydrogens (tertiary/aromatic N) is 1. The molecule has 3 N–H and O–H groups in total. The zero-order chi connectivity index (χ0) is 24.7. The monoisotopic (exact) mass is 486 g/mol. The van der Waals surface area contributed by atoms with Gasteiger partial charge in [-0.15, -0.1) is 0 Å². The highest BCUT2D eigenvalue weighted by atomic mass is 35.5. The summed E-state index contributed by atoms with van der Waals surface area (Å²) in [5.41, 5.74) is -0.201. The number of nitrogens with one attached hydrogen (secondary N) is 3. The molecule has 1 unspecified atom stereocenters. The van der Waals surface area contributed by atoms with Gasteiger partial charge in [0.15, 0.2) is 17.5 Å². The first-order valence-electron chi connectivity index (χ1n) is 9.58. The maximum Gasteiger partial charge on any atom is 0.243 e. The van der Waals surface area contributed by atoms with Gasteiger partial charge in [-0.05, 0) is 44.3 Å². The number of anilines is 2. The van der Waals surface area contributed by atoms with Crippen molar-refractivity contribution >= 4 is 40.7 Å². The van der Waals surface area contributed by atoms with E-state index in [1.165, 1.54) is 32.0 Å². The first kappa shape index (κ1) is 25.9. The number of ether oxygens (including phenoxy) is 1. The third-order valence-electron chi connectivity index (χ3n) is 4.60. The topological polar surface area (TPSA) is 99.8 Å². The fourth-order valence-corrected chi connectivity index (χ4v) is 2.84. The van der Waals surface area contributed by atoms with Gasteiger partial charge in [0.2, 0.25) is 17.7 Å². The van der Waals surface area contributed by atoms with E-state index in [9.17, 15) is 27.6 Å². The fourth-order valence-electron chi connectivity index (χ4n) is 2.66. The Labute approximate surface area is 193 Å². The Morgan fingerprint density at radius 3 is 2.36 bits per heavy atom. The Balaban J connectivity index is 1.86. The summed E-state index contributed by atoms with van der Waals surface area (Å²) in [6.07, 6.45) is 0. The van der Waals surface area contributed by atoms with Crippen LogP contribution < -0.4 is 20.7 Å². The molecular weight excluding hydrogens is 465 g/mol. The molecule has 0 radical (unpaired) electrons. The maximum atomic E-state index is 13.6. The molecule has 178 valence electrons. The summed E-state index contributed by atoms with van der Waals surface area (Å²) in [6, 6.07) is 5.42. The largest absolute Gasteiger partial charge is 0.495 e. The van der Waals surface area contributed by atoms with E-state index in [0.29, 0.717) is 22.5 Å². The van der Waals surface area contributed by atoms with Crippen LogP contribution in [0.5, 0.6) is 5.75 Å². The summed E-state index contributed by atoms with van der Waals surface area (Å²) in [5.74, 6) is -6.14. The summed E-state index contributed by atoms with van der Waals surface area (Å²) in [7, 11) is 2.96. The molecule has 0 saturated heterocycles. The van der Waals surface area contributed by atoms with Crippen molar-refractivity contribution in [2.24, 2.45) is 0 Å². The van der Waals surface area contributed by atoms with Gasteiger partial charge in [-0.1, -0.05) is 11.6 Å². The van der Waals surface area contributed by atoms with Crippen molar-refractivity contribution in [1.82, 2.24) is 10.2 Å². The van der Waals surface area contributed by atoms with Crippen LogP contribution in [0.25, 0.3) is 0 Å². The Morgan fingerprint density at radius 1 is 1.03 bits per heavy atom. The minimum Gasteiger partial charge on any atom is -0.495 e. The van der Waals surface area contributed by atoms with Crippen molar-refractivity contribution in [1.29, 1.82) is 0 Å². The van der Waals surface area contributed by atoms with Crippen LogP contribution in [0, 0.1) is 17.5 Å². The van der Waals surface area contributed by atoms with Gasteiger partial charge in [-0.25, -0.2) is 13.2 Å². The van der Waals surface area contributed by atoms with E-state index in [1.54, 1.807) is 12.1 Å². The predicted octanol–water partition coefficient (Wildman–Crippen LogP) is 2.78. The fraction of sp³-hybridized carbons (Fsp3) is 0.286. The molecule has 33 heavy (non-hydrogen) atoms. The lowest BCUT2D eigenvalue weighted by atomic mass is 10.2. The molecule has 0 aliphatic carbocycles. The van der Waals surface area contributed by atoms with Gasteiger partial charge < -0.3 is 20.7 Å². The minimum absolute atomic E-state index is 0.170. The zero-order valence-electron chi connectivity index (χ0n) is 18.0. The smallest absolute Gasteiger partial charge is 0.243 e. The number of rotatable bonds is 9. The van der Waals surface area contributed by atoms with E-state index in [0.717, 1.165) is 6.07 Å². The number of likely N-dealkylation sites (N-methyl/N-ethyl adjacent to an activating group) is 1. The van der Waals surface area contributed by atoms with Crippen molar-refractivity contribution < 1.29 is 32.3 Å². The van der Waals surface area contributed by atoms with E-state index in [1.807, 2.05) is 5.32 Å². The van der Waals surface area contributed by atoms with Crippen LogP contribution in [0.2, 0.25) is 5.02 Å². The van der Waals surface area contributed by atoms with Crippen molar-refractivity contribution in [2.45, 2.75) is 13.0 Å². The number of methoxy groups -OCH3 is 1. The Kier molecular flexibility index (Phi) is 9.06. The van der Waals surface area contributed by atoms with Crippen LogP contribution in [-0.4, -0.2) is 55.9 Å². The number of halogens is 4. The average molecular weight is 487 g/mol. The molecule has 1 atom stereocenters. The van der Waals surface area contributed by atoms with Crippen LogP contribution in [0.4, 0.5) is 24.5 Å². The van der Waals surface area contributed by atoms with E-state index in [4.69, 9.17) is 16.3 Å². The molecule has 8 nitrogen and oxygen atoms in total. The molecule has 0 heterocycles. The van der Waals surface area contributed by atoms with E-state index < -0.39 is 53.4 Å². The molecule has 0 spiro atoms. The van der Waals surface area contributed by atoms with Crippen LogP contribution in [0.1, 0.15) is 6.92 Å². The lowest BCUT2D eigenvalue weighted by Crippen LogP contribution is -2.47. The van der Waals surface area contributed by atoms with Crippen molar-refractivity contribution in [2.75, 3.05) is 37.9 Å². The molecule has 2 rings (SSSR count). The Morgan fingerprint density at radius 2 is 1.70 bits per heavy atom. The third-order valence-corrected chi connectivity index (χ3v) is 4.84. The second-order valence-electron chi connectivity index (χ2n) is 6.97. The molecular formula is C21H22ClF3N4O4. The SMILES string of the molecule is COc1ccc(Cl)cc1NC(=O)CN(C)C(C)C(=O)NCC(=O)Nc1ccc(F)c(F)c1F. The van der Waals surface area contributed by atoms with Gasteiger partial charge in [0.1, 0.15) is 5.75 Å². The van der Waals surface area contributed by atoms with Crippen molar-refractivity contribution in [3.8, 4) is 5.75 Å². The standard InChI is InChI=1S/C21H22ClF3N4O4/c1-11(29(2)10-18(31)28-15-8-12(22)4-7-16(15)33-3)21(32)26-9-17(30)27-14-6-5-13(23)19(24)20(14)25/h4-8,11H,9-10H2,1-3H3,(H,26,32)(H,27,30)(H,28,31). The molecule has 0 aromatic heterocycles. The van der Waals surface area contributed by atoms with Crippen LogP contribution in [0.15, 0.2) is 30.3 Å². The first-order chi connectivity index (χ1) is 15.5. The number of carbonyl (C=O) groups is 3. The predicted molar refractivity (Wildman–Crippen MR) is 117 cm³/mol. The van der Waals surface area contributed by atoms with E-state index in [2.05, 4.69) is 10.6 Å². The van der Waals surface area contributed by atoms with Gasteiger partial charge in [0.25, 0.3) is 0 Å². The minimum atomic E-state index is -1.72. The molecule has 2 aromatic carbocycles. The summed E-state index contributed by atoms with van der Waals surface area (Å²) in [5, 5.41) is 7.40. The quantitative estimate of drug-likeness (QED) is 0.473. The number of benzene rings is 2. The normalized spacial score (nSPS) is 11.6. The van der Waals surface area contributed by atoms with E-state index in [-0.39, 0.29) is 6.54 Å². The molecule has 12 heteroatoms. The Hall–Kier alpha value is -3.31. The second kappa shape index (κ2) is 11.5. The van der Waals surface area contributed by atoms with Gasteiger partial charge in [0.05, 0.1) is 37.6 Å². The number of hydrogen-bond donors (Lipinski definition) is 3. The zero-order valence-corrected chi connectivity index (χ0v) is 18.7. The number of amides is 3. The summed E-state index contributed by atoms with van der Waals surface area (Å²) in [6.45, 7) is 0.785. The molecule has 0 bridgehead atoms. The summed E-state index contributed by atoms with van der Waals surface area (Å²) >= 11 is 5.93. The maximum absolute atomic E-state index is 13.6. The third kappa shape index (κ3) is 7.09. The highest BCUT2D eigenvalue weighted by Crippen LogP contribution is 2.27. The molecule has 0 fully saturated rings. The van der Waals surface area contributed by atoms with Crippen LogP contribution in [-0.2, 0) is 14.4 Å². The van der Waals surface area contributed by atoms with Gasteiger partial charge in [-0.3, -0.25) is 19.3 Å². The number of hydrogen-bond acceptors (Lipinski definition) is 5. The van der Waals surface area contributed by atoms with Gasteiger partial charge >= 0.3 is 0 Å². The second-order valence-corrected chi connectivity index (χ2v) is 7.41. The average Bonchev–Trinajstić information content (AvgIpc) is 2.77. The summed E-state index contributed by atoms with van der Waals surface area (Å²) < 4.78 is 45.0. The molecule has 0 saturated carbocycles. The molecule has 0 aliphatic rings. The molecule has 0 aliphatic heterocycles. The molecule has 2 aromatic rings. The summed E-state index contributed by atoms with van der Waals surface area (Å²) in [4.78, 5) is 38.0. The van der Waals surface area contributed by atoms with Gasteiger partial charge in [-0.2, -0.15) is 0 Å². The molecule has 3 amide bonds. The van der Waals surface area contributed by atoms with Crippen molar-refractivity contribution in [3.05, 3.63) is 52.8 Å². The first-order valence-corrected chi connectivity index (χ1v) is 9.96. The van der Waals surface area contributed by atoms with E-state index >= 15 is 0 Å². The highest BCUT2D eigenvalue weighted by molar-refractivity contribution is 6.31. The number of carbonyl (C=O) groups excluding carboxylic acids is 3.